The fraction of sp³-hybridized carbons (Fsp3) is 0.240. The van der Waals surface area contributed by atoms with E-state index in [0.29, 0.717) is 36.6 Å². The summed E-state index contributed by atoms with van der Waals surface area (Å²) in [4.78, 5) is 29.2. The zero-order valence-corrected chi connectivity index (χ0v) is 20.6. The van der Waals surface area contributed by atoms with Gasteiger partial charge in [0, 0.05) is 42.4 Å². The Bertz CT molecular complexity index is 1290. The standard InChI is InChI=1S/C25H28N4O5S/c1-4-29(5-2)35(32,33)23-16-21(12-13-22(23)34-6-3)28-24(30)18-9-7-11-20(15-18)27-25(31)19-10-8-14-26-17-19/h7-17H,4-6H2,1-3H3,(H,27,31)(H,28,30). The van der Waals surface area contributed by atoms with Gasteiger partial charge in [-0.2, -0.15) is 4.31 Å². The van der Waals surface area contributed by atoms with Crippen LogP contribution in [-0.2, 0) is 10.0 Å². The van der Waals surface area contributed by atoms with E-state index >= 15 is 0 Å². The Labute approximate surface area is 205 Å². The highest BCUT2D eigenvalue weighted by atomic mass is 32.2. The summed E-state index contributed by atoms with van der Waals surface area (Å²) in [5.41, 5.74) is 1.41. The van der Waals surface area contributed by atoms with Crippen molar-refractivity contribution in [2.45, 2.75) is 25.7 Å². The molecule has 0 aliphatic heterocycles. The van der Waals surface area contributed by atoms with Crippen LogP contribution >= 0.6 is 0 Å². The highest BCUT2D eigenvalue weighted by Crippen LogP contribution is 2.30. The van der Waals surface area contributed by atoms with Gasteiger partial charge in [-0.05, 0) is 55.5 Å². The van der Waals surface area contributed by atoms with E-state index in [0.717, 1.165) is 0 Å². The average Bonchev–Trinajstić information content (AvgIpc) is 2.86. The SMILES string of the molecule is CCOc1ccc(NC(=O)c2cccc(NC(=O)c3cccnc3)c2)cc1S(=O)(=O)N(CC)CC. The summed E-state index contributed by atoms with van der Waals surface area (Å²) in [5.74, 6) is -0.594. The molecule has 0 atom stereocenters. The van der Waals surface area contributed by atoms with Crippen molar-refractivity contribution < 1.29 is 22.7 Å². The fourth-order valence-corrected chi connectivity index (χ4v) is 5.02. The molecule has 35 heavy (non-hydrogen) atoms. The fourth-order valence-electron chi connectivity index (χ4n) is 3.41. The Morgan fingerprint density at radius 3 is 2.17 bits per heavy atom. The summed E-state index contributed by atoms with van der Waals surface area (Å²) in [6, 6.07) is 14.2. The van der Waals surface area contributed by atoms with E-state index in [1.165, 1.54) is 28.7 Å². The van der Waals surface area contributed by atoms with E-state index in [9.17, 15) is 18.0 Å². The number of anilines is 2. The first-order valence-corrected chi connectivity index (χ1v) is 12.6. The third-order valence-corrected chi connectivity index (χ3v) is 7.20. The lowest BCUT2D eigenvalue weighted by molar-refractivity contribution is 0.101. The predicted molar refractivity (Wildman–Crippen MR) is 134 cm³/mol. The second-order valence-corrected chi connectivity index (χ2v) is 9.32. The Kier molecular flexibility index (Phi) is 8.56. The number of hydrogen-bond donors (Lipinski definition) is 2. The molecule has 0 saturated carbocycles. The number of pyridine rings is 1. The molecule has 0 unspecified atom stereocenters. The minimum absolute atomic E-state index is 0.0154. The molecule has 0 aliphatic rings. The van der Waals surface area contributed by atoms with Crippen molar-refractivity contribution in [2.75, 3.05) is 30.3 Å². The molecule has 0 saturated heterocycles. The summed E-state index contributed by atoms with van der Waals surface area (Å²) in [6.07, 6.45) is 3.02. The summed E-state index contributed by atoms with van der Waals surface area (Å²) in [6.45, 7) is 6.19. The number of rotatable bonds is 10. The largest absolute Gasteiger partial charge is 0.492 e. The molecule has 0 fully saturated rings. The number of carbonyl (C=O) groups excluding carboxylic acids is 2. The number of hydrogen-bond acceptors (Lipinski definition) is 6. The topological polar surface area (TPSA) is 118 Å². The van der Waals surface area contributed by atoms with Crippen LogP contribution in [0.1, 0.15) is 41.5 Å². The number of sulfonamides is 1. The van der Waals surface area contributed by atoms with Gasteiger partial charge < -0.3 is 15.4 Å². The van der Waals surface area contributed by atoms with Crippen molar-refractivity contribution in [2.24, 2.45) is 0 Å². The van der Waals surface area contributed by atoms with Gasteiger partial charge in [-0.15, -0.1) is 0 Å². The Hall–Kier alpha value is -3.76. The number of benzene rings is 2. The van der Waals surface area contributed by atoms with Crippen LogP contribution in [0.3, 0.4) is 0 Å². The number of nitrogens with zero attached hydrogens (tertiary/aromatic N) is 2. The molecule has 3 aromatic rings. The minimum atomic E-state index is -3.82. The number of ether oxygens (including phenoxy) is 1. The molecule has 2 amide bonds. The predicted octanol–water partition coefficient (Wildman–Crippen LogP) is 4.02. The zero-order chi connectivity index (χ0) is 25.4. The van der Waals surface area contributed by atoms with Gasteiger partial charge in [0.05, 0.1) is 12.2 Å². The van der Waals surface area contributed by atoms with Crippen LogP contribution < -0.4 is 15.4 Å². The van der Waals surface area contributed by atoms with Crippen LogP contribution in [0.5, 0.6) is 5.75 Å². The van der Waals surface area contributed by atoms with E-state index in [1.807, 2.05) is 0 Å². The normalized spacial score (nSPS) is 11.2. The molecule has 9 nitrogen and oxygen atoms in total. The van der Waals surface area contributed by atoms with Crippen LogP contribution in [0.4, 0.5) is 11.4 Å². The second kappa shape index (κ2) is 11.6. The van der Waals surface area contributed by atoms with Crippen molar-refractivity contribution in [3.8, 4) is 5.75 Å². The molecule has 0 radical (unpaired) electrons. The van der Waals surface area contributed by atoms with Gasteiger partial charge in [-0.1, -0.05) is 19.9 Å². The molecule has 0 aliphatic carbocycles. The van der Waals surface area contributed by atoms with Gasteiger partial charge in [-0.25, -0.2) is 8.42 Å². The third-order valence-electron chi connectivity index (χ3n) is 5.13. The quantitative estimate of drug-likeness (QED) is 0.438. The molecule has 0 spiro atoms. The van der Waals surface area contributed by atoms with Gasteiger partial charge in [0.2, 0.25) is 10.0 Å². The van der Waals surface area contributed by atoms with E-state index in [-0.39, 0.29) is 22.1 Å². The maximum atomic E-state index is 13.2. The van der Waals surface area contributed by atoms with Crippen molar-refractivity contribution in [3.63, 3.8) is 0 Å². The Morgan fingerprint density at radius 1 is 0.886 bits per heavy atom. The van der Waals surface area contributed by atoms with Gasteiger partial charge in [-0.3, -0.25) is 14.6 Å². The van der Waals surface area contributed by atoms with Crippen molar-refractivity contribution >= 4 is 33.2 Å². The van der Waals surface area contributed by atoms with Gasteiger partial charge in [0.15, 0.2) is 0 Å². The smallest absolute Gasteiger partial charge is 0.257 e. The molecule has 1 aromatic heterocycles. The van der Waals surface area contributed by atoms with Crippen molar-refractivity contribution in [3.05, 3.63) is 78.1 Å². The first-order chi connectivity index (χ1) is 16.8. The van der Waals surface area contributed by atoms with E-state index in [1.54, 1.807) is 63.4 Å². The van der Waals surface area contributed by atoms with Crippen LogP contribution in [-0.4, -0.2) is 49.2 Å². The second-order valence-electron chi connectivity index (χ2n) is 7.41. The van der Waals surface area contributed by atoms with Gasteiger partial charge >= 0.3 is 0 Å². The van der Waals surface area contributed by atoms with Crippen molar-refractivity contribution in [1.82, 2.24) is 9.29 Å². The molecule has 2 aromatic carbocycles. The number of nitrogens with one attached hydrogen (secondary N) is 2. The Morgan fingerprint density at radius 2 is 1.54 bits per heavy atom. The van der Waals surface area contributed by atoms with Gasteiger partial charge in [0.1, 0.15) is 10.6 Å². The average molecular weight is 497 g/mol. The lowest BCUT2D eigenvalue weighted by Crippen LogP contribution is -2.31. The lowest BCUT2D eigenvalue weighted by Gasteiger charge is -2.21. The van der Waals surface area contributed by atoms with Crippen LogP contribution in [0.15, 0.2) is 71.9 Å². The Balaban J connectivity index is 1.83. The molecular weight excluding hydrogens is 468 g/mol. The monoisotopic (exact) mass is 496 g/mol. The third kappa shape index (κ3) is 6.23. The number of carbonyl (C=O) groups is 2. The molecule has 184 valence electrons. The van der Waals surface area contributed by atoms with E-state index < -0.39 is 15.9 Å². The lowest BCUT2D eigenvalue weighted by atomic mass is 10.1. The first kappa shape index (κ1) is 25.9. The van der Waals surface area contributed by atoms with Gasteiger partial charge in [0.25, 0.3) is 11.8 Å². The van der Waals surface area contributed by atoms with Crippen LogP contribution in [0.25, 0.3) is 0 Å². The highest BCUT2D eigenvalue weighted by molar-refractivity contribution is 7.89. The number of amides is 2. The molecule has 2 N–H and O–H groups in total. The summed E-state index contributed by atoms with van der Waals surface area (Å²) in [5, 5.41) is 5.46. The maximum absolute atomic E-state index is 13.2. The molecule has 10 heteroatoms. The molecule has 3 rings (SSSR count). The first-order valence-electron chi connectivity index (χ1n) is 11.2. The molecule has 0 bridgehead atoms. The van der Waals surface area contributed by atoms with E-state index in [4.69, 9.17) is 4.74 Å². The summed E-state index contributed by atoms with van der Waals surface area (Å²) in [7, 11) is -3.82. The summed E-state index contributed by atoms with van der Waals surface area (Å²) < 4.78 is 33.2. The van der Waals surface area contributed by atoms with Crippen LogP contribution in [0.2, 0.25) is 0 Å². The highest BCUT2D eigenvalue weighted by Gasteiger charge is 2.26. The minimum Gasteiger partial charge on any atom is -0.492 e. The van der Waals surface area contributed by atoms with Crippen LogP contribution in [0, 0.1) is 0 Å². The zero-order valence-electron chi connectivity index (χ0n) is 19.8. The summed E-state index contributed by atoms with van der Waals surface area (Å²) >= 11 is 0. The van der Waals surface area contributed by atoms with E-state index in [2.05, 4.69) is 15.6 Å². The molecule has 1 heterocycles. The van der Waals surface area contributed by atoms with Crippen molar-refractivity contribution in [1.29, 1.82) is 0 Å². The molecular formula is C25H28N4O5S. The number of aromatic nitrogens is 1. The maximum Gasteiger partial charge on any atom is 0.257 e.